The lowest BCUT2D eigenvalue weighted by molar-refractivity contribution is 0.0620. The van der Waals surface area contributed by atoms with Gasteiger partial charge in [-0.2, -0.15) is 0 Å². The maximum absolute atomic E-state index is 13.0. The van der Waals surface area contributed by atoms with Crippen LogP contribution in [0, 0.1) is 15.3 Å². The number of fused-ring (bicyclic) bond motifs is 3. The Bertz CT molecular complexity index is 500. The van der Waals surface area contributed by atoms with E-state index in [2.05, 4.69) is 10.2 Å². The first-order valence-corrected chi connectivity index (χ1v) is 7.69. The zero-order valence-electron chi connectivity index (χ0n) is 10.5. The largest absolute Gasteiger partial charge is 0.348 e. The van der Waals surface area contributed by atoms with Crippen LogP contribution in [-0.4, -0.2) is 36.5 Å². The van der Waals surface area contributed by atoms with Gasteiger partial charge >= 0.3 is 0 Å². The van der Waals surface area contributed by atoms with Crippen molar-refractivity contribution in [3.05, 3.63) is 33.1 Å². The lowest BCUT2D eigenvalue weighted by Gasteiger charge is -2.44. The quantitative estimate of drug-likeness (QED) is 0.806. The molecule has 1 unspecified atom stereocenters. The zero-order valence-corrected chi connectivity index (χ0v) is 12.7. The van der Waals surface area contributed by atoms with Gasteiger partial charge in [-0.05, 0) is 72.6 Å². The standard InChI is InChI=1S/C14H16FIN2O/c15-10-1-2-11(12(16)7-10)14(19)17-13-8-18-5-3-9(13)4-6-18/h1-2,7,9,13H,3-6,8H2,(H,17,19). The Balaban J connectivity index is 1.71. The van der Waals surface area contributed by atoms with E-state index < -0.39 is 0 Å². The Morgan fingerprint density at radius 3 is 2.68 bits per heavy atom. The van der Waals surface area contributed by atoms with E-state index in [-0.39, 0.29) is 17.8 Å². The molecule has 3 fully saturated rings. The van der Waals surface area contributed by atoms with Gasteiger partial charge in [-0.25, -0.2) is 4.39 Å². The molecule has 3 nitrogen and oxygen atoms in total. The van der Waals surface area contributed by atoms with Crippen molar-refractivity contribution in [1.29, 1.82) is 0 Å². The van der Waals surface area contributed by atoms with Gasteiger partial charge in [0.15, 0.2) is 0 Å². The summed E-state index contributed by atoms with van der Waals surface area (Å²) in [4.78, 5) is 14.7. The molecule has 3 heterocycles. The minimum absolute atomic E-state index is 0.0804. The van der Waals surface area contributed by atoms with Gasteiger partial charge in [0.1, 0.15) is 5.82 Å². The molecule has 5 heteroatoms. The molecule has 4 rings (SSSR count). The number of rotatable bonds is 2. The molecule has 1 atom stereocenters. The summed E-state index contributed by atoms with van der Waals surface area (Å²) in [7, 11) is 0. The Kier molecular flexibility index (Phi) is 3.75. The van der Waals surface area contributed by atoms with Crippen LogP contribution in [0.15, 0.2) is 18.2 Å². The molecule has 3 aliphatic rings. The molecule has 0 spiro atoms. The van der Waals surface area contributed by atoms with Crippen molar-refractivity contribution < 1.29 is 9.18 Å². The molecule has 19 heavy (non-hydrogen) atoms. The minimum atomic E-state index is -0.302. The van der Waals surface area contributed by atoms with Crippen LogP contribution >= 0.6 is 22.6 Å². The summed E-state index contributed by atoms with van der Waals surface area (Å²) < 4.78 is 13.7. The molecule has 0 saturated carbocycles. The maximum atomic E-state index is 13.0. The highest BCUT2D eigenvalue weighted by molar-refractivity contribution is 14.1. The fraction of sp³-hybridized carbons (Fsp3) is 0.500. The van der Waals surface area contributed by atoms with Crippen molar-refractivity contribution in [2.45, 2.75) is 18.9 Å². The Morgan fingerprint density at radius 1 is 1.37 bits per heavy atom. The van der Waals surface area contributed by atoms with Crippen molar-refractivity contribution in [3.8, 4) is 0 Å². The van der Waals surface area contributed by atoms with Crippen molar-refractivity contribution in [2.24, 2.45) is 5.92 Å². The molecule has 3 aliphatic heterocycles. The summed E-state index contributed by atoms with van der Waals surface area (Å²) in [6, 6.07) is 4.55. The second kappa shape index (κ2) is 5.36. The molecule has 1 N–H and O–H groups in total. The van der Waals surface area contributed by atoms with E-state index in [1.807, 2.05) is 22.6 Å². The number of nitrogens with one attached hydrogen (secondary N) is 1. The smallest absolute Gasteiger partial charge is 0.252 e. The highest BCUT2D eigenvalue weighted by Crippen LogP contribution is 2.27. The molecule has 0 aromatic heterocycles. The Labute approximate surface area is 125 Å². The SMILES string of the molecule is O=C(NC1CN2CCC1CC2)c1ccc(F)cc1I. The number of halogens is 2. The number of carbonyl (C=O) groups is 1. The number of nitrogens with zero attached hydrogens (tertiary/aromatic N) is 1. The van der Waals surface area contributed by atoms with Crippen LogP contribution in [0.25, 0.3) is 0 Å². The number of carbonyl (C=O) groups excluding carboxylic acids is 1. The molecule has 1 aromatic carbocycles. The number of amides is 1. The van der Waals surface area contributed by atoms with Crippen LogP contribution in [0.4, 0.5) is 4.39 Å². The maximum Gasteiger partial charge on any atom is 0.252 e. The third-order valence-corrected chi connectivity index (χ3v) is 5.04. The van der Waals surface area contributed by atoms with Gasteiger partial charge in [0.25, 0.3) is 5.91 Å². The van der Waals surface area contributed by atoms with E-state index in [1.54, 1.807) is 6.07 Å². The minimum Gasteiger partial charge on any atom is -0.348 e. The average molecular weight is 374 g/mol. The highest BCUT2D eigenvalue weighted by atomic mass is 127. The van der Waals surface area contributed by atoms with E-state index in [9.17, 15) is 9.18 Å². The third-order valence-electron chi connectivity index (χ3n) is 4.15. The summed E-state index contributed by atoms with van der Waals surface area (Å²) in [5.74, 6) is 0.221. The van der Waals surface area contributed by atoms with Gasteiger partial charge in [0, 0.05) is 16.2 Å². The van der Waals surface area contributed by atoms with E-state index in [4.69, 9.17) is 0 Å². The van der Waals surface area contributed by atoms with E-state index >= 15 is 0 Å². The summed E-state index contributed by atoms with van der Waals surface area (Å²) >= 11 is 2.01. The third kappa shape index (κ3) is 2.76. The van der Waals surface area contributed by atoms with Crippen molar-refractivity contribution in [3.63, 3.8) is 0 Å². The predicted octanol–water partition coefficient (Wildman–Crippen LogP) is 2.25. The summed E-state index contributed by atoms with van der Waals surface area (Å²) in [5.41, 5.74) is 0.568. The first kappa shape index (κ1) is 13.3. The number of piperidine rings is 3. The topological polar surface area (TPSA) is 32.3 Å². The summed E-state index contributed by atoms with van der Waals surface area (Å²) in [5, 5.41) is 3.12. The van der Waals surface area contributed by atoms with Crippen LogP contribution in [0.5, 0.6) is 0 Å². The average Bonchev–Trinajstić information content (AvgIpc) is 2.39. The number of benzene rings is 1. The summed E-state index contributed by atoms with van der Waals surface area (Å²) in [6.07, 6.45) is 2.34. The monoisotopic (exact) mass is 374 g/mol. The van der Waals surface area contributed by atoms with Crippen molar-refractivity contribution in [1.82, 2.24) is 10.2 Å². The van der Waals surface area contributed by atoms with Gasteiger partial charge in [-0.15, -0.1) is 0 Å². The van der Waals surface area contributed by atoms with Gasteiger partial charge in [-0.1, -0.05) is 0 Å². The first-order valence-electron chi connectivity index (χ1n) is 6.62. The molecular formula is C14H16FIN2O. The molecule has 102 valence electrons. The normalized spacial score (nSPS) is 29.3. The van der Waals surface area contributed by atoms with E-state index in [0.29, 0.717) is 15.1 Å². The highest BCUT2D eigenvalue weighted by Gasteiger charge is 2.35. The summed E-state index contributed by atoms with van der Waals surface area (Å²) in [6.45, 7) is 3.27. The van der Waals surface area contributed by atoms with Crippen LogP contribution in [0.3, 0.4) is 0 Å². The second-order valence-electron chi connectivity index (χ2n) is 5.34. The van der Waals surface area contributed by atoms with Crippen LogP contribution in [0.1, 0.15) is 23.2 Å². The van der Waals surface area contributed by atoms with Crippen LogP contribution in [-0.2, 0) is 0 Å². The fourth-order valence-electron chi connectivity index (χ4n) is 3.05. The van der Waals surface area contributed by atoms with Crippen LogP contribution < -0.4 is 5.32 Å². The molecule has 3 saturated heterocycles. The number of hydrogen-bond donors (Lipinski definition) is 1. The van der Waals surface area contributed by atoms with Crippen molar-refractivity contribution in [2.75, 3.05) is 19.6 Å². The fourth-order valence-corrected chi connectivity index (χ4v) is 3.77. The molecule has 1 amide bonds. The molecule has 0 radical (unpaired) electrons. The molecule has 1 aromatic rings. The van der Waals surface area contributed by atoms with Gasteiger partial charge in [0.2, 0.25) is 0 Å². The van der Waals surface area contributed by atoms with E-state index in [0.717, 1.165) is 19.6 Å². The second-order valence-corrected chi connectivity index (χ2v) is 6.50. The van der Waals surface area contributed by atoms with Gasteiger partial charge < -0.3 is 10.2 Å². The lowest BCUT2D eigenvalue weighted by atomic mass is 9.84. The molecular weight excluding hydrogens is 358 g/mol. The zero-order chi connectivity index (χ0) is 13.4. The molecule has 2 bridgehead atoms. The lowest BCUT2D eigenvalue weighted by Crippen LogP contribution is -2.57. The van der Waals surface area contributed by atoms with E-state index in [1.165, 1.54) is 25.0 Å². The van der Waals surface area contributed by atoms with Gasteiger partial charge in [0.05, 0.1) is 5.56 Å². The Morgan fingerprint density at radius 2 is 2.11 bits per heavy atom. The van der Waals surface area contributed by atoms with Gasteiger partial charge in [-0.3, -0.25) is 4.79 Å². The predicted molar refractivity (Wildman–Crippen MR) is 79.5 cm³/mol. The van der Waals surface area contributed by atoms with Crippen LogP contribution in [0.2, 0.25) is 0 Å². The Hall–Kier alpha value is -0.690. The van der Waals surface area contributed by atoms with Crippen molar-refractivity contribution >= 4 is 28.5 Å². The molecule has 0 aliphatic carbocycles. The first-order chi connectivity index (χ1) is 9.13. The number of hydrogen-bond acceptors (Lipinski definition) is 2.